The van der Waals surface area contributed by atoms with Crippen LogP contribution in [0.15, 0.2) is 29.2 Å². The minimum Gasteiger partial charge on any atom is -0.396 e. The molecule has 1 saturated carbocycles. The molecule has 2 N–H and O–H groups in total. The van der Waals surface area contributed by atoms with E-state index in [4.69, 9.17) is 0 Å². The van der Waals surface area contributed by atoms with Gasteiger partial charge >= 0.3 is 0 Å². The van der Waals surface area contributed by atoms with Crippen molar-refractivity contribution >= 4 is 17.7 Å². The molecule has 1 amide bonds. The van der Waals surface area contributed by atoms with Gasteiger partial charge in [0.1, 0.15) is 5.82 Å². The molecule has 2 rings (SSSR count). The van der Waals surface area contributed by atoms with E-state index in [-0.39, 0.29) is 18.3 Å². The maximum Gasteiger partial charge on any atom is 0.230 e. The van der Waals surface area contributed by atoms with Crippen LogP contribution in [0.1, 0.15) is 19.3 Å². The SMILES string of the molecule is O=C(CSc1ccc(F)cc1)NCC1CCCC1CO. The molecule has 1 fully saturated rings. The van der Waals surface area contributed by atoms with Crippen LogP contribution in [0, 0.1) is 17.7 Å². The fourth-order valence-electron chi connectivity index (χ4n) is 2.60. The number of rotatable bonds is 6. The molecular weight excluding hydrogens is 277 g/mol. The van der Waals surface area contributed by atoms with Gasteiger partial charge in [0.25, 0.3) is 0 Å². The molecule has 0 heterocycles. The Morgan fingerprint density at radius 1 is 1.30 bits per heavy atom. The second-order valence-electron chi connectivity index (χ2n) is 5.18. The zero-order chi connectivity index (χ0) is 14.4. The Morgan fingerprint density at radius 3 is 2.70 bits per heavy atom. The topological polar surface area (TPSA) is 49.3 Å². The van der Waals surface area contributed by atoms with Crippen LogP contribution in [0.3, 0.4) is 0 Å². The van der Waals surface area contributed by atoms with Crippen molar-refractivity contribution in [1.29, 1.82) is 0 Å². The van der Waals surface area contributed by atoms with Gasteiger partial charge in [-0.3, -0.25) is 4.79 Å². The Bertz CT molecular complexity index is 438. The van der Waals surface area contributed by atoms with Crippen LogP contribution in [0.5, 0.6) is 0 Å². The third kappa shape index (κ3) is 4.49. The molecule has 0 radical (unpaired) electrons. The lowest BCUT2D eigenvalue weighted by Crippen LogP contribution is -2.32. The summed E-state index contributed by atoms with van der Waals surface area (Å²) in [5.74, 6) is 0.792. The molecule has 20 heavy (non-hydrogen) atoms. The van der Waals surface area contributed by atoms with E-state index >= 15 is 0 Å². The number of halogens is 1. The van der Waals surface area contributed by atoms with Crippen LogP contribution in [0.2, 0.25) is 0 Å². The van der Waals surface area contributed by atoms with Crippen molar-refractivity contribution in [3.8, 4) is 0 Å². The van der Waals surface area contributed by atoms with Crippen molar-refractivity contribution in [2.45, 2.75) is 24.2 Å². The van der Waals surface area contributed by atoms with E-state index in [1.807, 2.05) is 0 Å². The highest BCUT2D eigenvalue weighted by Gasteiger charge is 2.26. The lowest BCUT2D eigenvalue weighted by atomic mass is 9.97. The molecule has 2 atom stereocenters. The first kappa shape index (κ1) is 15.3. The fourth-order valence-corrected chi connectivity index (χ4v) is 3.33. The van der Waals surface area contributed by atoms with Crippen LogP contribution in [0.25, 0.3) is 0 Å². The number of hydrogen-bond acceptors (Lipinski definition) is 3. The third-order valence-electron chi connectivity index (χ3n) is 3.80. The lowest BCUT2D eigenvalue weighted by molar-refractivity contribution is -0.118. The molecule has 1 aromatic carbocycles. The van der Waals surface area contributed by atoms with Gasteiger partial charge in [-0.1, -0.05) is 6.42 Å². The van der Waals surface area contributed by atoms with Gasteiger partial charge in [0.05, 0.1) is 5.75 Å². The van der Waals surface area contributed by atoms with Gasteiger partial charge in [0, 0.05) is 18.0 Å². The summed E-state index contributed by atoms with van der Waals surface area (Å²) in [4.78, 5) is 12.7. The number of carbonyl (C=O) groups is 1. The van der Waals surface area contributed by atoms with E-state index in [2.05, 4.69) is 5.32 Å². The van der Waals surface area contributed by atoms with Gasteiger partial charge in [-0.15, -0.1) is 11.8 Å². The summed E-state index contributed by atoms with van der Waals surface area (Å²) in [6.45, 7) is 0.860. The predicted octanol–water partition coefficient (Wildman–Crippen LogP) is 2.44. The molecule has 110 valence electrons. The molecule has 0 saturated heterocycles. The van der Waals surface area contributed by atoms with Crippen molar-refractivity contribution in [3.05, 3.63) is 30.1 Å². The smallest absolute Gasteiger partial charge is 0.230 e. The van der Waals surface area contributed by atoms with E-state index in [1.165, 1.54) is 23.9 Å². The summed E-state index contributed by atoms with van der Waals surface area (Å²) in [5.41, 5.74) is 0. The van der Waals surface area contributed by atoms with Gasteiger partial charge in [-0.2, -0.15) is 0 Å². The maximum absolute atomic E-state index is 12.7. The minimum atomic E-state index is -0.268. The van der Waals surface area contributed by atoms with Gasteiger partial charge in [0.2, 0.25) is 5.91 Å². The van der Waals surface area contributed by atoms with E-state index in [0.29, 0.717) is 24.1 Å². The highest BCUT2D eigenvalue weighted by atomic mass is 32.2. The van der Waals surface area contributed by atoms with Crippen LogP contribution in [-0.4, -0.2) is 29.9 Å². The molecule has 5 heteroatoms. The summed E-state index contributed by atoms with van der Waals surface area (Å²) in [7, 11) is 0. The standard InChI is InChI=1S/C15H20FNO2S/c16-13-4-6-14(7-5-13)20-10-15(19)17-8-11-2-1-3-12(11)9-18/h4-7,11-12,18H,1-3,8-10H2,(H,17,19). The van der Waals surface area contributed by atoms with E-state index in [0.717, 1.165) is 24.2 Å². The first-order valence-corrected chi connectivity index (χ1v) is 7.93. The zero-order valence-electron chi connectivity index (χ0n) is 11.3. The molecular formula is C15H20FNO2S. The average Bonchev–Trinajstić information content (AvgIpc) is 2.92. The summed E-state index contributed by atoms with van der Waals surface area (Å²) >= 11 is 1.40. The van der Waals surface area contributed by atoms with Gasteiger partial charge in [-0.05, 0) is 48.9 Å². The van der Waals surface area contributed by atoms with Crippen molar-refractivity contribution in [3.63, 3.8) is 0 Å². The monoisotopic (exact) mass is 297 g/mol. The van der Waals surface area contributed by atoms with Crippen molar-refractivity contribution in [2.75, 3.05) is 18.9 Å². The zero-order valence-corrected chi connectivity index (χ0v) is 12.2. The first-order chi connectivity index (χ1) is 9.69. The van der Waals surface area contributed by atoms with Gasteiger partial charge in [-0.25, -0.2) is 4.39 Å². The number of amides is 1. The van der Waals surface area contributed by atoms with Gasteiger partial charge < -0.3 is 10.4 Å². The second-order valence-corrected chi connectivity index (χ2v) is 6.23. The average molecular weight is 297 g/mol. The van der Waals surface area contributed by atoms with E-state index in [1.54, 1.807) is 12.1 Å². The predicted molar refractivity (Wildman–Crippen MR) is 78.1 cm³/mol. The third-order valence-corrected chi connectivity index (χ3v) is 4.81. The molecule has 3 nitrogen and oxygen atoms in total. The largest absolute Gasteiger partial charge is 0.396 e. The number of carbonyl (C=O) groups excluding carboxylic acids is 1. The molecule has 0 bridgehead atoms. The summed E-state index contributed by atoms with van der Waals surface area (Å²) in [6, 6.07) is 6.13. The Kier molecular flexibility index (Phi) is 5.86. The molecule has 0 aromatic heterocycles. The minimum absolute atomic E-state index is 0.0112. The number of thioether (sulfide) groups is 1. The normalized spacial score (nSPS) is 21.9. The summed E-state index contributed by atoms with van der Waals surface area (Å²) in [5, 5.41) is 12.2. The number of aliphatic hydroxyl groups excluding tert-OH is 1. The first-order valence-electron chi connectivity index (χ1n) is 6.95. The highest BCUT2D eigenvalue weighted by molar-refractivity contribution is 8.00. The molecule has 0 aliphatic heterocycles. The van der Waals surface area contributed by atoms with E-state index in [9.17, 15) is 14.3 Å². The molecule has 1 aliphatic carbocycles. The Balaban J connectivity index is 1.69. The van der Waals surface area contributed by atoms with Crippen LogP contribution in [0.4, 0.5) is 4.39 Å². The number of hydrogen-bond donors (Lipinski definition) is 2. The van der Waals surface area contributed by atoms with Crippen molar-refractivity contribution in [1.82, 2.24) is 5.32 Å². The Morgan fingerprint density at radius 2 is 2.00 bits per heavy atom. The molecule has 1 aromatic rings. The highest BCUT2D eigenvalue weighted by Crippen LogP contribution is 2.30. The van der Waals surface area contributed by atoms with Gasteiger partial charge in [0.15, 0.2) is 0 Å². The van der Waals surface area contributed by atoms with Crippen LogP contribution >= 0.6 is 11.8 Å². The Labute approximate surface area is 123 Å². The maximum atomic E-state index is 12.7. The number of nitrogens with one attached hydrogen (secondary N) is 1. The van der Waals surface area contributed by atoms with Crippen molar-refractivity contribution in [2.24, 2.45) is 11.8 Å². The molecule has 0 spiro atoms. The molecule has 1 aliphatic rings. The fraction of sp³-hybridized carbons (Fsp3) is 0.533. The summed E-state index contributed by atoms with van der Waals surface area (Å²) < 4.78 is 12.7. The quantitative estimate of drug-likeness (QED) is 0.793. The Hall–Kier alpha value is -1.07. The number of aliphatic hydroxyl groups is 1. The number of benzene rings is 1. The summed E-state index contributed by atoms with van der Waals surface area (Å²) in [6.07, 6.45) is 3.27. The van der Waals surface area contributed by atoms with Crippen LogP contribution < -0.4 is 5.32 Å². The second kappa shape index (κ2) is 7.64. The lowest BCUT2D eigenvalue weighted by Gasteiger charge is -2.17. The van der Waals surface area contributed by atoms with Crippen molar-refractivity contribution < 1.29 is 14.3 Å². The van der Waals surface area contributed by atoms with Crippen LogP contribution in [-0.2, 0) is 4.79 Å². The molecule has 2 unspecified atom stereocenters. The van der Waals surface area contributed by atoms with E-state index < -0.39 is 0 Å².